The minimum Gasteiger partial charge on any atom is -0.465 e. The first kappa shape index (κ1) is 31.9. The second kappa shape index (κ2) is 12.3. The molecule has 0 aliphatic carbocycles. The van der Waals surface area contributed by atoms with Crippen LogP contribution >= 0.6 is 22.9 Å². The third kappa shape index (κ3) is 5.94. The van der Waals surface area contributed by atoms with Crippen LogP contribution in [0.3, 0.4) is 0 Å². The third-order valence-electron chi connectivity index (χ3n) is 7.75. The number of hydrogen-bond acceptors (Lipinski definition) is 9. The molecule has 0 N–H and O–H groups in total. The molecule has 0 bridgehead atoms. The van der Waals surface area contributed by atoms with Gasteiger partial charge >= 0.3 is 12.5 Å². The van der Waals surface area contributed by atoms with Gasteiger partial charge in [-0.2, -0.15) is 13.9 Å². The van der Waals surface area contributed by atoms with Crippen molar-refractivity contribution >= 4 is 50.2 Å². The number of halogens is 5. The van der Waals surface area contributed by atoms with Crippen LogP contribution in [0.2, 0.25) is 5.02 Å². The topological polar surface area (TPSA) is 107 Å². The number of hydrogen-bond donors (Lipinski definition) is 0. The molecule has 0 saturated carbocycles. The Labute approximate surface area is 269 Å². The Morgan fingerprint density at radius 2 is 2.00 bits per heavy atom. The number of alkyl halides is 3. The lowest BCUT2D eigenvalue weighted by Gasteiger charge is -2.32. The van der Waals surface area contributed by atoms with E-state index in [1.807, 2.05) is 0 Å². The average Bonchev–Trinajstić information content (AvgIpc) is 3.80. The molecule has 4 heterocycles. The molecular formula is C30H24ClF4N5O4S2. The van der Waals surface area contributed by atoms with Crippen molar-refractivity contribution < 1.29 is 35.5 Å². The molecule has 2 aliphatic heterocycles. The minimum atomic E-state index is -4.16. The molecule has 0 unspecified atom stereocenters. The van der Waals surface area contributed by atoms with Gasteiger partial charge in [-0.25, -0.2) is 31.7 Å². The van der Waals surface area contributed by atoms with Crippen LogP contribution in [0.1, 0.15) is 52.1 Å². The summed E-state index contributed by atoms with van der Waals surface area (Å²) < 4.78 is 90.2. The lowest BCUT2D eigenvalue weighted by molar-refractivity contribution is 0.0563. The van der Waals surface area contributed by atoms with Crippen LogP contribution in [0.15, 0.2) is 81.9 Å². The predicted molar refractivity (Wildman–Crippen MR) is 163 cm³/mol. The number of benzene rings is 2. The van der Waals surface area contributed by atoms with Crippen molar-refractivity contribution in [2.75, 3.05) is 19.4 Å². The molecule has 6 rings (SSSR count). The quantitative estimate of drug-likeness (QED) is 0.145. The fourth-order valence-electron chi connectivity index (χ4n) is 5.63. The van der Waals surface area contributed by atoms with E-state index in [1.54, 1.807) is 10.3 Å². The Hall–Kier alpha value is -4.08. The Morgan fingerprint density at radius 3 is 2.67 bits per heavy atom. The molecule has 9 nitrogen and oxygen atoms in total. The van der Waals surface area contributed by atoms with E-state index >= 15 is 4.39 Å². The van der Waals surface area contributed by atoms with Crippen LogP contribution in [0.25, 0.3) is 5.57 Å². The van der Waals surface area contributed by atoms with Crippen LogP contribution in [-0.2, 0) is 14.6 Å². The number of fused-ring (bicyclic) bond motifs is 1. The molecule has 4 aromatic rings. The van der Waals surface area contributed by atoms with Gasteiger partial charge in [-0.3, -0.25) is 4.99 Å². The second-order valence-corrected chi connectivity index (χ2v) is 14.0. The van der Waals surface area contributed by atoms with Gasteiger partial charge in [-0.1, -0.05) is 29.8 Å². The van der Waals surface area contributed by atoms with Crippen LogP contribution in [0.4, 0.5) is 17.6 Å². The number of nitrogens with zero attached hydrogens (tertiary/aromatic N) is 5. The monoisotopic (exact) mass is 693 g/mol. The highest BCUT2D eigenvalue weighted by molar-refractivity contribution is 7.91. The van der Waals surface area contributed by atoms with Crippen molar-refractivity contribution in [2.24, 2.45) is 4.99 Å². The lowest BCUT2D eigenvalue weighted by atomic mass is 9.91. The smallest absolute Gasteiger partial charge is 0.339 e. The third-order valence-corrected chi connectivity index (χ3v) is 10.6. The van der Waals surface area contributed by atoms with Crippen LogP contribution < -0.4 is 0 Å². The van der Waals surface area contributed by atoms with Gasteiger partial charge in [0.1, 0.15) is 17.5 Å². The van der Waals surface area contributed by atoms with E-state index < -0.39 is 52.1 Å². The maximum absolute atomic E-state index is 17.0. The molecule has 46 heavy (non-hydrogen) atoms. The number of aliphatic imine (C=N–C) groups is 1. The highest BCUT2D eigenvalue weighted by Crippen LogP contribution is 2.49. The summed E-state index contributed by atoms with van der Waals surface area (Å²) in [4.78, 5) is 22.7. The number of methoxy groups -OCH3 is 1. The summed E-state index contributed by atoms with van der Waals surface area (Å²) in [6, 6.07) is 9.52. The number of allylic oxidation sites excluding steroid dienone is 1. The van der Waals surface area contributed by atoms with Crippen molar-refractivity contribution in [3.63, 3.8) is 0 Å². The summed E-state index contributed by atoms with van der Waals surface area (Å²) in [6.07, 6.45) is 1.80. The largest absolute Gasteiger partial charge is 0.465 e. The molecule has 16 heteroatoms. The number of sulfone groups is 1. The Morgan fingerprint density at radius 1 is 1.22 bits per heavy atom. The maximum atomic E-state index is 17.0. The lowest BCUT2D eigenvalue weighted by Crippen LogP contribution is -2.36. The van der Waals surface area contributed by atoms with Crippen LogP contribution in [-0.4, -0.2) is 65.0 Å². The Balaban J connectivity index is 1.44. The molecule has 0 spiro atoms. The molecule has 0 radical (unpaired) electrons. The van der Waals surface area contributed by atoms with Gasteiger partial charge in [-0.05, 0) is 36.8 Å². The van der Waals surface area contributed by atoms with Crippen molar-refractivity contribution in [3.05, 3.63) is 105 Å². The zero-order valence-electron chi connectivity index (χ0n) is 23.9. The molecule has 2 aromatic heterocycles. The predicted octanol–water partition coefficient (Wildman–Crippen LogP) is 6.50. The standard InChI is InChI=1S/C30H24ClF4N5O4S2/c1-44-28(41)19-4-2-3-5-23(19)46(42,43)13-9-30(35)15-22-24(21-8-11-40(38-21)29(33)34)25(18-7-6-17(32)14-20(18)31)37-26(39(22)16-30)27-36-10-12-45-27/h2-8,10-12,14,25,29H,9,13,15-16H2,1H3/t25-,30+/m0/s1. The van der Waals surface area contributed by atoms with E-state index in [1.165, 1.54) is 60.0 Å². The van der Waals surface area contributed by atoms with Crippen molar-refractivity contribution in [2.45, 2.75) is 36.0 Å². The van der Waals surface area contributed by atoms with Crippen molar-refractivity contribution in [3.8, 4) is 0 Å². The molecule has 1 saturated heterocycles. The zero-order valence-corrected chi connectivity index (χ0v) is 26.3. The number of amidine groups is 1. The summed E-state index contributed by atoms with van der Waals surface area (Å²) >= 11 is 7.70. The summed E-state index contributed by atoms with van der Waals surface area (Å²) in [5, 5.41) is 6.16. The highest BCUT2D eigenvalue weighted by Gasteiger charge is 2.49. The molecule has 240 valence electrons. The number of ether oxygens (including phenoxy) is 1. The van der Waals surface area contributed by atoms with E-state index in [-0.39, 0.29) is 45.5 Å². The molecule has 2 aliphatic rings. The van der Waals surface area contributed by atoms with Crippen molar-refractivity contribution in [1.29, 1.82) is 0 Å². The zero-order chi connectivity index (χ0) is 32.8. The summed E-state index contributed by atoms with van der Waals surface area (Å²) in [7, 11) is -3.04. The molecule has 2 aromatic carbocycles. The van der Waals surface area contributed by atoms with E-state index in [2.05, 4.69) is 10.1 Å². The molecular weight excluding hydrogens is 670 g/mol. The summed E-state index contributed by atoms with van der Waals surface area (Å²) in [6.45, 7) is -3.29. The van der Waals surface area contributed by atoms with Gasteiger partial charge in [-0.15, -0.1) is 11.3 Å². The summed E-state index contributed by atoms with van der Waals surface area (Å²) in [5.74, 6) is -1.85. The molecule has 1 fully saturated rings. The van der Waals surface area contributed by atoms with Crippen molar-refractivity contribution in [1.82, 2.24) is 19.7 Å². The van der Waals surface area contributed by atoms with E-state index in [4.69, 9.17) is 21.3 Å². The highest BCUT2D eigenvalue weighted by atomic mass is 35.5. The molecule has 2 atom stereocenters. The fraction of sp³-hybridized carbons (Fsp3) is 0.267. The number of carbonyl (C=O) groups is 1. The van der Waals surface area contributed by atoms with Gasteiger partial charge in [0, 0.05) is 46.1 Å². The number of aromatic nitrogens is 3. The normalized spacial score (nSPS) is 19.8. The number of rotatable bonds is 9. The molecule has 0 amide bonds. The van der Waals surface area contributed by atoms with Gasteiger partial charge < -0.3 is 9.64 Å². The van der Waals surface area contributed by atoms with Gasteiger partial charge in [0.2, 0.25) is 0 Å². The van der Waals surface area contributed by atoms with Gasteiger partial charge in [0.25, 0.3) is 0 Å². The average molecular weight is 694 g/mol. The van der Waals surface area contributed by atoms with Crippen LogP contribution in [0, 0.1) is 5.82 Å². The first-order valence-corrected chi connectivity index (χ1v) is 16.7. The Kier molecular flexibility index (Phi) is 8.50. The summed E-state index contributed by atoms with van der Waals surface area (Å²) in [5.41, 5.74) is -1.36. The first-order chi connectivity index (χ1) is 21.9. The van der Waals surface area contributed by atoms with E-state index in [0.29, 0.717) is 20.9 Å². The van der Waals surface area contributed by atoms with Crippen LogP contribution in [0.5, 0.6) is 0 Å². The second-order valence-electron chi connectivity index (χ2n) is 10.6. The minimum absolute atomic E-state index is 0.00644. The van der Waals surface area contributed by atoms with Gasteiger partial charge in [0.05, 0.1) is 35.6 Å². The maximum Gasteiger partial charge on any atom is 0.339 e. The Bertz CT molecular complexity index is 1980. The van der Waals surface area contributed by atoms with E-state index in [9.17, 15) is 26.4 Å². The van der Waals surface area contributed by atoms with E-state index in [0.717, 1.165) is 19.4 Å². The number of thiazole rings is 1. The van der Waals surface area contributed by atoms with Gasteiger partial charge in [0.15, 0.2) is 20.7 Å². The fourth-order valence-corrected chi connectivity index (χ4v) is 8.17. The number of carbonyl (C=O) groups excluding carboxylic acids is 1. The SMILES string of the molecule is COC(=O)c1ccccc1S(=O)(=O)CC[C@@]1(F)CC2=C(c3ccn(C(F)F)n3)[C@H](c3ccc(F)cc3Cl)N=C(c3nccs3)N2C1. The first-order valence-electron chi connectivity index (χ1n) is 13.8. The number of esters is 1.